The lowest BCUT2D eigenvalue weighted by Crippen LogP contribution is -2.49. The zero-order chi connectivity index (χ0) is 14.6. The van der Waals surface area contributed by atoms with Crippen LogP contribution in [0.2, 0.25) is 0 Å². The number of hydrogen-bond acceptors (Lipinski definition) is 2. The van der Waals surface area contributed by atoms with E-state index in [-0.39, 0.29) is 0 Å². The van der Waals surface area contributed by atoms with E-state index in [2.05, 4.69) is 40.6 Å². The molecule has 1 aromatic heterocycles. The normalized spacial score (nSPS) is 35.9. The maximum atomic E-state index is 4.48. The highest BCUT2D eigenvalue weighted by Gasteiger charge is 2.50. The average Bonchev–Trinajstić information content (AvgIpc) is 2.52. The number of anilines is 1. The van der Waals surface area contributed by atoms with Crippen LogP contribution in [0.1, 0.15) is 38.5 Å². The zero-order valence-electron chi connectivity index (χ0n) is 13.1. The van der Waals surface area contributed by atoms with Gasteiger partial charge in [-0.05, 0) is 73.8 Å². The van der Waals surface area contributed by atoms with E-state index in [9.17, 15) is 0 Å². The molecule has 1 N–H and O–H groups in total. The van der Waals surface area contributed by atoms with Gasteiger partial charge in [0.15, 0.2) is 0 Å². The fourth-order valence-corrected chi connectivity index (χ4v) is 6.04. The van der Waals surface area contributed by atoms with Crippen LogP contribution in [-0.2, 0) is 0 Å². The molecule has 1 aromatic carbocycles. The van der Waals surface area contributed by atoms with E-state index in [4.69, 9.17) is 0 Å². The molecule has 4 aliphatic carbocycles. The molecule has 4 fully saturated rings. The van der Waals surface area contributed by atoms with Gasteiger partial charge in [-0.3, -0.25) is 4.98 Å². The third-order valence-corrected chi connectivity index (χ3v) is 6.47. The van der Waals surface area contributed by atoms with Crippen molar-refractivity contribution < 1.29 is 0 Å². The first-order chi connectivity index (χ1) is 10.8. The molecule has 2 heteroatoms. The van der Waals surface area contributed by atoms with Crippen molar-refractivity contribution in [2.45, 2.75) is 38.5 Å². The second-order valence-electron chi connectivity index (χ2n) is 8.15. The minimum absolute atomic E-state index is 0.582. The Morgan fingerprint density at radius 2 is 1.64 bits per heavy atom. The molecule has 4 saturated carbocycles. The molecular formula is C20H24N2. The van der Waals surface area contributed by atoms with Crippen LogP contribution in [0.3, 0.4) is 0 Å². The van der Waals surface area contributed by atoms with E-state index in [1.807, 2.05) is 6.20 Å². The van der Waals surface area contributed by atoms with Crippen LogP contribution in [0.25, 0.3) is 10.9 Å². The summed E-state index contributed by atoms with van der Waals surface area (Å²) in [5.41, 5.74) is 2.94. The van der Waals surface area contributed by atoms with Crippen LogP contribution in [0, 0.1) is 23.2 Å². The van der Waals surface area contributed by atoms with Crippen molar-refractivity contribution in [3.8, 4) is 0 Å². The first-order valence-electron chi connectivity index (χ1n) is 8.87. The van der Waals surface area contributed by atoms with Crippen molar-refractivity contribution in [2.75, 3.05) is 11.9 Å². The summed E-state index contributed by atoms with van der Waals surface area (Å²) in [6.45, 7) is 1.16. The van der Waals surface area contributed by atoms with Crippen LogP contribution in [0.15, 0.2) is 36.5 Å². The standard InChI is InChI=1S/C20H24N2/c1-2-4-18-17(3-1)19(5-6-21-18)22-13-20-10-14-7-15(11-20)9-16(8-14)12-20/h1-6,14-16H,7-13H2,(H,21,22). The van der Waals surface area contributed by atoms with Crippen LogP contribution < -0.4 is 5.32 Å². The minimum Gasteiger partial charge on any atom is -0.384 e. The second kappa shape index (κ2) is 4.71. The Balaban J connectivity index is 1.40. The molecule has 0 unspecified atom stereocenters. The quantitative estimate of drug-likeness (QED) is 0.873. The summed E-state index contributed by atoms with van der Waals surface area (Å²) in [4.78, 5) is 4.48. The third kappa shape index (κ3) is 2.04. The maximum absolute atomic E-state index is 4.48. The van der Waals surface area contributed by atoms with Gasteiger partial charge in [0.2, 0.25) is 0 Å². The van der Waals surface area contributed by atoms with E-state index in [0.29, 0.717) is 5.41 Å². The average molecular weight is 292 g/mol. The second-order valence-corrected chi connectivity index (χ2v) is 8.15. The Hall–Kier alpha value is -1.57. The van der Waals surface area contributed by atoms with E-state index in [1.165, 1.54) is 49.6 Å². The molecule has 0 spiro atoms. The molecule has 0 amide bonds. The lowest BCUT2D eigenvalue weighted by Gasteiger charge is -2.57. The van der Waals surface area contributed by atoms with Crippen LogP contribution >= 0.6 is 0 Å². The first kappa shape index (κ1) is 12.9. The fourth-order valence-electron chi connectivity index (χ4n) is 6.04. The molecule has 4 aliphatic rings. The van der Waals surface area contributed by atoms with Gasteiger partial charge in [-0.25, -0.2) is 0 Å². The van der Waals surface area contributed by atoms with Crippen molar-refractivity contribution in [1.82, 2.24) is 4.98 Å². The molecule has 0 saturated heterocycles. The van der Waals surface area contributed by atoms with Crippen LogP contribution in [0.4, 0.5) is 5.69 Å². The summed E-state index contributed by atoms with van der Waals surface area (Å²) >= 11 is 0. The highest BCUT2D eigenvalue weighted by molar-refractivity contribution is 5.90. The summed E-state index contributed by atoms with van der Waals surface area (Å²) in [6.07, 6.45) is 10.9. The van der Waals surface area contributed by atoms with Gasteiger partial charge in [0.05, 0.1) is 5.52 Å². The summed E-state index contributed by atoms with van der Waals surface area (Å²) in [5, 5.41) is 5.06. The molecule has 114 valence electrons. The molecule has 22 heavy (non-hydrogen) atoms. The molecule has 0 atom stereocenters. The molecule has 6 rings (SSSR count). The summed E-state index contributed by atoms with van der Waals surface area (Å²) < 4.78 is 0. The monoisotopic (exact) mass is 292 g/mol. The van der Waals surface area contributed by atoms with E-state index >= 15 is 0 Å². The fraction of sp³-hybridized carbons (Fsp3) is 0.550. The lowest BCUT2D eigenvalue weighted by atomic mass is 9.49. The van der Waals surface area contributed by atoms with Gasteiger partial charge in [0.25, 0.3) is 0 Å². The summed E-state index contributed by atoms with van der Waals surface area (Å²) in [7, 11) is 0. The van der Waals surface area contributed by atoms with Gasteiger partial charge in [-0.15, -0.1) is 0 Å². The Labute approximate surface area is 132 Å². The number of rotatable bonds is 3. The number of nitrogens with one attached hydrogen (secondary N) is 1. The van der Waals surface area contributed by atoms with Gasteiger partial charge < -0.3 is 5.32 Å². The van der Waals surface area contributed by atoms with Crippen LogP contribution in [0.5, 0.6) is 0 Å². The van der Waals surface area contributed by atoms with Gasteiger partial charge in [0, 0.05) is 23.8 Å². The Kier molecular flexibility index (Phi) is 2.77. The Morgan fingerprint density at radius 3 is 2.36 bits per heavy atom. The van der Waals surface area contributed by atoms with Crippen LogP contribution in [-0.4, -0.2) is 11.5 Å². The number of nitrogens with zero attached hydrogens (tertiary/aromatic N) is 1. The van der Waals surface area contributed by atoms with E-state index in [1.54, 1.807) is 0 Å². The number of hydrogen-bond donors (Lipinski definition) is 1. The number of fused-ring (bicyclic) bond motifs is 1. The molecule has 0 aliphatic heterocycles. The Morgan fingerprint density at radius 1 is 0.955 bits per heavy atom. The van der Waals surface area contributed by atoms with Gasteiger partial charge in [0.1, 0.15) is 0 Å². The Bertz CT molecular complexity index is 665. The van der Waals surface area contributed by atoms with Crippen molar-refractivity contribution in [3.63, 3.8) is 0 Å². The molecule has 1 heterocycles. The number of para-hydroxylation sites is 1. The topological polar surface area (TPSA) is 24.9 Å². The molecule has 2 nitrogen and oxygen atoms in total. The first-order valence-corrected chi connectivity index (χ1v) is 8.87. The number of aromatic nitrogens is 1. The smallest absolute Gasteiger partial charge is 0.0722 e. The SMILES string of the molecule is c1ccc2c(NCC34CC5CC(CC(C5)C3)C4)ccnc2c1. The van der Waals surface area contributed by atoms with Gasteiger partial charge >= 0.3 is 0 Å². The van der Waals surface area contributed by atoms with Crippen molar-refractivity contribution in [3.05, 3.63) is 36.5 Å². The predicted octanol–water partition coefficient (Wildman–Crippen LogP) is 4.86. The van der Waals surface area contributed by atoms with Gasteiger partial charge in [-0.2, -0.15) is 0 Å². The van der Waals surface area contributed by atoms with Crippen molar-refractivity contribution in [2.24, 2.45) is 23.2 Å². The largest absolute Gasteiger partial charge is 0.384 e. The molecular weight excluding hydrogens is 268 g/mol. The zero-order valence-corrected chi connectivity index (χ0v) is 13.1. The van der Waals surface area contributed by atoms with Crippen molar-refractivity contribution in [1.29, 1.82) is 0 Å². The number of pyridine rings is 1. The lowest BCUT2D eigenvalue weighted by molar-refractivity contribution is -0.0444. The van der Waals surface area contributed by atoms with E-state index in [0.717, 1.165) is 29.8 Å². The number of benzene rings is 1. The van der Waals surface area contributed by atoms with E-state index < -0.39 is 0 Å². The minimum atomic E-state index is 0.582. The highest BCUT2D eigenvalue weighted by Crippen LogP contribution is 2.59. The molecule has 0 radical (unpaired) electrons. The van der Waals surface area contributed by atoms with Gasteiger partial charge in [-0.1, -0.05) is 18.2 Å². The predicted molar refractivity (Wildman–Crippen MR) is 90.8 cm³/mol. The molecule has 2 aromatic rings. The third-order valence-electron chi connectivity index (χ3n) is 6.47. The highest BCUT2D eigenvalue weighted by atomic mass is 14.9. The summed E-state index contributed by atoms with van der Waals surface area (Å²) in [5.74, 6) is 3.09. The molecule has 4 bridgehead atoms. The maximum Gasteiger partial charge on any atom is 0.0722 e. The summed E-state index contributed by atoms with van der Waals surface area (Å²) in [6, 6.07) is 10.6. The van der Waals surface area contributed by atoms with Crippen molar-refractivity contribution >= 4 is 16.6 Å².